The van der Waals surface area contributed by atoms with Gasteiger partial charge in [-0.15, -0.1) is 0 Å². The van der Waals surface area contributed by atoms with Crippen LogP contribution in [-0.4, -0.2) is 0 Å². The number of hydrogen-bond donors (Lipinski definition) is 0. The summed E-state index contributed by atoms with van der Waals surface area (Å²) in [5.41, 5.74) is 0.928. The lowest BCUT2D eigenvalue weighted by Crippen LogP contribution is -1.84. The Hall–Kier alpha value is -0.240. The molecular weight excluding hydrogens is 183 g/mol. The number of rotatable bonds is 2. The Bertz CT molecular complexity index is 228. The molecule has 0 amide bonds. The maximum atomic E-state index is 5.73. The minimum Gasteiger partial charge on any atom is -0.374 e. The maximum absolute atomic E-state index is 5.73. The average Bonchev–Trinajstić information content (AvgIpc) is 1.85. The molecule has 0 N–H and O–H groups in total. The fourth-order valence-electron chi connectivity index (χ4n) is 0.812. The largest absolute Gasteiger partial charge is 0.374 e. The summed E-state index contributed by atoms with van der Waals surface area (Å²) in [4.78, 5) is 0. The molecule has 0 unspecified atom stereocenters. The molecule has 0 saturated heterocycles. The first-order chi connectivity index (χ1) is 5.22. The Morgan fingerprint density at radius 1 is 1.18 bits per heavy atom. The van der Waals surface area contributed by atoms with Gasteiger partial charge in [-0.3, -0.25) is 0 Å². The van der Waals surface area contributed by atoms with E-state index in [1.54, 1.807) is 18.2 Å². The molecule has 0 spiro atoms. The molecule has 0 aromatic heterocycles. The van der Waals surface area contributed by atoms with Crippen molar-refractivity contribution in [2.24, 2.45) is 0 Å². The van der Waals surface area contributed by atoms with Crippen LogP contribution >= 0.6 is 23.2 Å². The van der Waals surface area contributed by atoms with Crippen molar-refractivity contribution in [3.05, 3.63) is 40.9 Å². The Balaban J connectivity index is 2.89. The van der Waals surface area contributed by atoms with E-state index in [0.717, 1.165) is 5.56 Å². The summed E-state index contributed by atoms with van der Waals surface area (Å²) in [6, 6.07) is 5.26. The van der Waals surface area contributed by atoms with Crippen LogP contribution in [0.3, 0.4) is 0 Å². The first kappa shape index (κ1) is 8.85. The van der Waals surface area contributed by atoms with Crippen LogP contribution in [0.25, 0.3) is 0 Å². The van der Waals surface area contributed by atoms with E-state index in [0.29, 0.717) is 16.7 Å². The van der Waals surface area contributed by atoms with Crippen LogP contribution in [0.2, 0.25) is 10.0 Å². The molecule has 0 heterocycles. The highest BCUT2D eigenvalue weighted by Crippen LogP contribution is 2.19. The average molecular weight is 190 g/mol. The van der Waals surface area contributed by atoms with Gasteiger partial charge in [-0.2, -0.15) is 0 Å². The molecule has 1 rings (SSSR count). The van der Waals surface area contributed by atoms with Crippen LogP contribution in [0, 0.1) is 7.11 Å². The van der Waals surface area contributed by atoms with Crippen LogP contribution in [0.1, 0.15) is 5.56 Å². The second kappa shape index (κ2) is 3.96. The van der Waals surface area contributed by atoms with Gasteiger partial charge < -0.3 is 4.74 Å². The summed E-state index contributed by atoms with van der Waals surface area (Å²) >= 11 is 11.5. The van der Waals surface area contributed by atoms with Crippen LogP contribution in [0.5, 0.6) is 0 Å². The minimum atomic E-state index is 0.431. The van der Waals surface area contributed by atoms with Crippen LogP contribution < -0.4 is 0 Å². The molecule has 0 fully saturated rings. The Morgan fingerprint density at radius 2 is 1.73 bits per heavy atom. The molecule has 0 bridgehead atoms. The Morgan fingerprint density at radius 3 is 2.18 bits per heavy atom. The Labute approximate surface area is 75.9 Å². The summed E-state index contributed by atoms with van der Waals surface area (Å²) < 4.78 is 4.67. The quantitative estimate of drug-likeness (QED) is 0.695. The van der Waals surface area contributed by atoms with E-state index in [1.165, 1.54) is 0 Å². The van der Waals surface area contributed by atoms with Crippen molar-refractivity contribution < 1.29 is 4.74 Å². The van der Waals surface area contributed by atoms with Gasteiger partial charge in [0.2, 0.25) is 0 Å². The van der Waals surface area contributed by atoms with Gasteiger partial charge in [0.05, 0.1) is 13.7 Å². The van der Waals surface area contributed by atoms with Crippen molar-refractivity contribution in [3.63, 3.8) is 0 Å². The monoisotopic (exact) mass is 189 g/mol. The van der Waals surface area contributed by atoms with Crippen LogP contribution in [0.15, 0.2) is 18.2 Å². The minimum absolute atomic E-state index is 0.431. The van der Waals surface area contributed by atoms with Gasteiger partial charge in [0.1, 0.15) is 0 Å². The van der Waals surface area contributed by atoms with E-state index in [1.807, 2.05) is 0 Å². The Kier molecular flexibility index (Phi) is 3.18. The van der Waals surface area contributed by atoms with Crippen molar-refractivity contribution >= 4 is 23.2 Å². The van der Waals surface area contributed by atoms with Gasteiger partial charge in [-0.25, -0.2) is 0 Å². The third-order valence-corrected chi connectivity index (χ3v) is 1.63. The predicted octanol–water partition coefficient (Wildman–Crippen LogP) is 3.30. The predicted molar refractivity (Wildman–Crippen MR) is 46.6 cm³/mol. The lowest BCUT2D eigenvalue weighted by Gasteiger charge is -2.00. The summed E-state index contributed by atoms with van der Waals surface area (Å²) in [7, 11) is 3.25. The standard InChI is InChI=1S/C8H7Cl2O/c1-11-5-6-2-7(9)4-8(10)3-6/h2-4H,1,5H2. The molecule has 1 nitrogen and oxygen atoms in total. The summed E-state index contributed by atoms with van der Waals surface area (Å²) in [6.07, 6.45) is 0. The highest BCUT2D eigenvalue weighted by atomic mass is 35.5. The molecule has 1 aromatic rings. The molecule has 0 aliphatic heterocycles. The SMILES string of the molecule is [CH2]OCc1cc(Cl)cc(Cl)c1. The molecule has 0 atom stereocenters. The highest BCUT2D eigenvalue weighted by molar-refractivity contribution is 6.34. The number of hydrogen-bond acceptors (Lipinski definition) is 1. The van der Waals surface area contributed by atoms with Gasteiger partial charge in [0.25, 0.3) is 0 Å². The van der Waals surface area contributed by atoms with E-state index in [2.05, 4.69) is 11.8 Å². The highest BCUT2D eigenvalue weighted by Gasteiger charge is 1.96. The number of halogens is 2. The molecule has 0 aliphatic rings. The summed E-state index contributed by atoms with van der Waals surface area (Å²) in [5.74, 6) is 0. The fraction of sp³-hybridized carbons (Fsp3) is 0.125. The first-order valence-corrected chi connectivity index (χ1v) is 3.80. The molecule has 11 heavy (non-hydrogen) atoms. The lowest BCUT2D eigenvalue weighted by molar-refractivity contribution is 0.229. The second-order valence-electron chi connectivity index (χ2n) is 2.13. The third kappa shape index (κ3) is 2.70. The van der Waals surface area contributed by atoms with Crippen molar-refractivity contribution in [2.75, 3.05) is 0 Å². The summed E-state index contributed by atoms with van der Waals surface area (Å²) in [6.45, 7) is 0.431. The van der Waals surface area contributed by atoms with Gasteiger partial charge in [0, 0.05) is 10.0 Å². The normalized spacial score (nSPS) is 10.1. The topological polar surface area (TPSA) is 9.23 Å². The molecular formula is C8H7Cl2O. The fourth-order valence-corrected chi connectivity index (χ4v) is 1.38. The first-order valence-electron chi connectivity index (χ1n) is 3.04. The van der Waals surface area contributed by atoms with Gasteiger partial charge in [-0.05, 0) is 23.8 Å². The zero-order chi connectivity index (χ0) is 8.27. The maximum Gasteiger partial charge on any atom is 0.0719 e. The third-order valence-electron chi connectivity index (χ3n) is 1.19. The van der Waals surface area contributed by atoms with E-state index in [-0.39, 0.29) is 0 Å². The van der Waals surface area contributed by atoms with E-state index < -0.39 is 0 Å². The molecule has 1 radical (unpaired) electrons. The number of benzene rings is 1. The smallest absolute Gasteiger partial charge is 0.0719 e. The molecule has 0 aliphatic carbocycles. The lowest BCUT2D eigenvalue weighted by atomic mass is 10.2. The summed E-state index contributed by atoms with van der Waals surface area (Å²) in [5, 5.41) is 1.23. The van der Waals surface area contributed by atoms with Crippen molar-refractivity contribution in [3.8, 4) is 0 Å². The van der Waals surface area contributed by atoms with Gasteiger partial charge in [0.15, 0.2) is 0 Å². The zero-order valence-corrected chi connectivity index (χ0v) is 7.32. The van der Waals surface area contributed by atoms with Crippen molar-refractivity contribution in [2.45, 2.75) is 6.61 Å². The van der Waals surface area contributed by atoms with E-state index >= 15 is 0 Å². The van der Waals surface area contributed by atoms with Crippen molar-refractivity contribution in [1.29, 1.82) is 0 Å². The zero-order valence-electron chi connectivity index (χ0n) is 5.81. The second-order valence-corrected chi connectivity index (χ2v) is 3.00. The van der Waals surface area contributed by atoms with E-state index in [4.69, 9.17) is 23.2 Å². The number of ether oxygens (including phenoxy) is 1. The molecule has 0 saturated carbocycles. The molecule has 1 aromatic carbocycles. The molecule has 59 valence electrons. The van der Waals surface area contributed by atoms with Crippen LogP contribution in [0.4, 0.5) is 0 Å². The van der Waals surface area contributed by atoms with Gasteiger partial charge >= 0.3 is 0 Å². The van der Waals surface area contributed by atoms with Gasteiger partial charge in [-0.1, -0.05) is 23.2 Å². The van der Waals surface area contributed by atoms with E-state index in [9.17, 15) is 0 Å². The van der Waals surface area contributed by atoms with Crippen LogP contribution in [-0.2, 0) is 11.3 Å². The molecule has 3 heteroatoms. The van der Waals surface area contributed by atoms with Crippen molar-refractivity contribution in [1.82, 2.24) is 0 Å².